The molecule has 30 heavy (non-hydrogen) atoms. The Morgan fingerprint density at radius 3 is 2.43 bits per heavy atom. The molecule has 2 N–H and O–H groups in total. The Morgan fingerprint density at radius 1 is 1.20 bits per heavy atom. The van der Waals surface area contributed by atoms with E-state index in [1.807, 2.05) is 44.2 Å². The average Bonchev–Trinajstić information content (AvgIpc) is 3.31. The van der Waals surface area contributed by atoms with Gasteiger partial charge in [-0.1, -0.05) is 31.0 Å². The second-order valence-electron chi connectivity index (χ2n) is 9.11. The minimum atomic E-state index is -1.07. The molecule has 8 heteroatoms. The Morgan fingerprint density at radius 2 is 1.83 bits per heavy atom. The van der Waals surface area contributed by atoms with Crippen LogP contribution < -0.4 is 5.32 Å². The summed E-state index contributed by atoms with van der Waals surface area (Å²) < 4.78 is -0.613. The van der Waals surface area contributed by atoms with Gasteiger partial charge in [-0.3, -0.25) is 9.59 Å². The van der Waals surface area contributed by atoms with Crippen molar-refractivity contribution in [3.8, 4) is 0 Å². The fraction of sp³-hybridized carbons (Fsp3) is 0.591. The minimum absolute atomic E-state index is 0.122. The van der Waals surface area contributed by atoms with Crippen molar-refractivity contribution >= 4 is 41.3 Å². The van der Waals surface area contributed by atoms with Crippen LogP contribution in [0, 0.1) is 5.92 Å². The Balaban J connectivity index is 1.54. The normalized spacial score (nSPS) is 31.2. The largest absolute Gasteiger partial charge is 0.480 e. The van der Waals surface area contributed by atoms with Crippen LogP contribution in [0.4, 0.5) is 0 Å². The molecular weight excluding hydrogens is 420 g/mol. The van der Waals surface area contributed by atoms with Crippen LogP contribution in [0.5, 0.6) is 0 Å². The lowest BCUT2D eigenvalue weighted by Gasteiger charge is -2.51. The fourth-order valence-electron chi connectivity index (χ4n) is 4.93. The van der Waals surface area contributed by atoms with E-state index in [2.05, 4.69) is 5.32 Å². The van der Waals surface area contributed by atoms with E-state index in [9.17, 15) is 19.5 Å². The highest BCUT2D eigenvalue weighted by molar-refractivity contribution is 8.01. The van der Waals surface area contributed by atoms with E-state index in [-0.39, 0.29) is 28.4 Å². The summed E-state index contributed by atoms with van der Waals surface area (Å²) in [7, 11) is 0. The predicted molar refractivity (Wildman–Crippen MR) is 118 cm³/mol. The molecule has 1 saturated carbocycles. The molecule has 0 radical (unpaired) electrons. The number of rotatable bonds is 6. The standard InChI is InChI=1S/C22H28N2O4S2/c1-21(2)16(18(26)27)24-19(28)22(3,20(24)30-21)23-17(25)15(13-9-7-8-10-13)29-14-11-5-4-6-12-14/h4-6,11-13,15-16,20H,7-10H2,1-3H3,(H,23,25)(H,26,27)/t15?,16-,20+,22-/m0/s1. The number of benzene rings is 1. The highest BCUT2D eigenvalue weighted by Gasteiger charge is 2.70. The average molecular weight is 449 g/mol. The number of hydrogen-bond acceptors (Lipinski definition) is 5. The highest BCUT2D eigenvalue weighted by Crippen LogP contribution is 2.55. The van der Waals surface area contributed by atoms with E-state index >= 15 is 0 Å². The summed E-state index contributed by atoms with van der Waals surface area (Å²) >= 11 is 3.02. The number of β-lactam (4-membered cyclic amide) rings is 1. The summed E-state index contributed by atoms with van der Waals surface area (Å²) in [5.41, 5.74) is -1.07. The van der Waals surface area contributed by atoms with E-state index in [0.717, 1.165) is 30.6 Å². The lowest BCUT2D eigenvalue weighted by Crippen LogP contribution is -2.78. The molecule has 2 aliphatic heterocycles. The van der Waals surface area contributed by atoms with E-state index in [4.69, 9.17) is 0 Å². The van der Waals surface area contributed by atoms with Crippen LogP contribution in [-0.4, -0.2) is 54.7 Å². The van der Waals surface area contributed by atoms with Gasteiger partial charge in [0.05, 0.1) is 5.25 Å². The fourth-order valence-corrected chi connectivity index (χ4v) is 7.82. The molecule has 0 bridgehead atoms. The molecule has 1 aromatic carbocycles. The van der Waals surface area contributed by atoms with Crippen LogP contribution in [-0.2, 0) is 14.4 Å². The maximum Gasteiger partial charge on any atom is 0.327 e. The van der Waals surface area contributed by atoms with Crippen molar-refractivity contribution in [2.45, 2.75) is 78.3 Å². The number of fused-ring (bicyclic) bond motifs is 1. The Labute approximate surface area is 185 Å². The molecule has 6 nitrogen and oxygen atoms in total. The van der Waals surface area contributed by atoms with Crippen LogP contribution in [0.1, 0.15) is 46.5 Å². The molecule has 3 fully saturated rings. The third-order valence-corrected chi connectivity index (χ3v) is 9.64. The van der Waals surface area contributed by atoms with Crippen molar-refractivity contribution in [3.63, 3.8) is 0 Å². The molecule has 162 valence electrons. The molecule has 1 aromatic rings. The molecule has 3 aliphatic rings. The highest BCUT2D eigenvalue weighted by atomic mass is 32.2. The molecule has 4 rings (SSSR count). The SMILES string of the molecule is CC1(C)S[C@H]2N(C(=O)[C@]2(C)NC(=O)C(Sc2ccccc2)C2CCCC2)[C@H]1C(=O)O. The van der Waals surface area contributed by atoms with E-state index in [1.165, 1.54) is 16.7 Å². The first-order valence-electron chi connectivity index (χ1n) is 10.4. The van der Waals surface area contributed by atoms with Crippen molar-refractivity contribution < 1.29 is 19.5 Å². The van der Waals surface area contributed by atoms with Gasteiger partial charge in [-0.05, 0) is 51.7 Å². The van der Waals surface area contributed by atoms with Gasteiger partial charge in [0.25, 0.3) is 5.91 Å². The lowest BCUT2D eigenvalue weighted by atomic mass is 9.85. The van der Waals surface area contributed by atoms with E-state index < -0.39 is 22.3 Å². The molecule has 4 atom stereocenters. The first-order chi connectivity index (χ1) is 14.1. The van der Waals surface area contributed by atoms with Crippen LogP contribution in [0.2, 0.25) is 0 Å². The maximum absolute atomic E-state index is 13.4. The number of aliphatic carboxylic acids is 1. The van der Waals surface area contributed by atoms with Crippen molar-refractivity contribution in [3.05, 3.63) is 30.3 Å². The van der Waals surface area contributed by atoms with Crippen molar-refractivity contribution in [1.29, 1.82) is 0 Å². The van der Waals surface area contributed by atoms with Crippen LogP contribution in [0.25, 0.3) is 0 Å². The van der Waals surface area contributed by atoms with Crippen LogP contribution in [0.3, 0.4) is 0 Å². The lowest BCUT2D eigenvalue weighted by molar-refractivity contribution is -0.167. The zero-order valence-corrected chi connectivity index (χ0v) is 19.1. The van der Waals surface area contributed by atoms with Gasteiger partial charge in [0, 0.05) is 9.64 Å². The predicted octanol–water partition coefficient (Wildman–Crippen LogP) is 3.36. The first-order valence-corrected chi connectivity index (χ1v) is 12.2. The van der Waals surface area contributed by atoms with Crippen LogP contribution >= 0.6 is 23.5 Å². The van der Waals surface area contributed by atoms with Crippen LogP contribution in [0.15, 0.2) is 35.2 Å². The van der Waals surface area contributed by atoms with Crippen molar-refractivity contribution in [2.75, 3.05) is 0 Å². The van der Waals surface area contributed by atoms with Gasteiger partial charge in [-0.15, -0.1) is 23.5 Å². The Kier molecular flexibility index (Phi) is 5.60. The Bertz CT molecular complexity index is 856. The smallest absolute Gasteiger partial charge is 0.327 e. The van der Waals surface area contributed by atoms with Gasteiger partial charge in [0.15, 0.2) is 0 Å². The summed E-state index contributed by atoms with van der Waals surface area (Å²) in [5, 5.41) is 12.1. The second-order valence-corrected chi connectivity index (χ2v) is 12.1. The molecule has 1 aliphatic carbocycles. The molecule has 2 heterocycles. The third kappa shape index (κ3) is 3.51. The van der Waals surface area contributed by atoms with Gasteiger partial charge < -0.3 is 15.3 Å². The second kappa shape index (κ2) is 7.79. The van der Waals surface area contributed by atoms with E-state index in [0.29, 0.717) is 0 Å². The number of amides is 2. The van der Waals surface area contributed by atoms with Gasteiger partial charge in [-0.25, -0.2) is 4.79 Å². The first kappa shape index (κ1) is 21.6. The monoisotopic (exact) mass is 448 g/mol. The van der Waals surface area contributed by atoms with Crippen molar-refractivity contribution in [2.24, 2.45) is 5.92 Å². The van der Waals surface area contributed by atoms with Crippen molar-refractivity contribution in [1.82, 2.24) is 10.2 Å². The summed E-state index contributed by atoms with van der Waals surface area (Å²) in [5.74, 6) is -1.14. The molecule has 0 aromatic heterocycles. The summed E-state index contributed by atoms with van der Waals surface area (Å²) in [4.78, 5) is 40.7. The minimum Gasteiger partial charge on any atom is -0.480 e. The van der Waals surface area contributed by atoms with Gasteiger partial charge >= 0.3 is 5.97 Å². The number of carbonyl (C=O) groups excluding carboxylic acids is 2. The number of thioether (sulfide) groups is 2. The summed E-state index contributed by atoms with van der Waals surface area (Å²) in [6.07, 6.45) is 4.28. The van der Waals surface area contributed by atoms with Gasteiger partial charge in [-0.2, -0.15) is 0 Å². The third-order valence-electron chi connectivity index (χ3n) is 6.49. The molecule has 2 amide bonds. The zero-order chi connectivity index (χ0) is 21.7. The van der Waals surface area contributed by atoms with Gasteiger partial charge in [0.2, 0.25) is 5.91 Å². The number of carboxylic acids is 1. The summed E-state index contributed by atoms with van der Waals surface area (Å²) in [6.45, 7) is 5.42. The molecule has 2 saturated heterocycles. The number of carboxylic acid groups (broad SMARTS) is 1. The molecular formula is C22H28N2O4S2. The molecule has 0 spiro atoms. The quantitative estimate of drug-likeness (QED) is 0.513. The number of nitrogens with one attached hydrogen (secondary N) is 1. The Hall–Kier alpha value is -1.67. The zero-order valence-electron chi connectivity index (χ0n) is 17.5. The van der Waals surface area contributed by atoms with Gasteiger partial charge in [0.1, 0.15) is 17.0 Å². The number of nitrogens with zero attached hydrogens (tertiary/aromatic N) is 1. The summed E-state index contributed by atoms with van der Waals surface area (Å²) in [6, 6.07) is 9.01. The number of carbonyl (C=O) groups is 3. The topological polar surface area (TPSA) is 86.7 Å². The molecule has 1 unspecified atom stereocenters. The number of hydrogen-bond donors (Lipinski definition) is 2. The van der Waals surface area contributed by atoms with E-state index in [1.54, 1.807) is 18.7 Å². The maximum atomic E-state index is 13.4.